The number of para-hydroxylation sites is 2. The SMILES string of the molecule is CC[C@@H](C)Oc1nc2ccccc2nc1NS(=O)(=O)c1ccccc1. The molecule has 0 unspecified atom stereocenters. The highest BCUT2D eigenvalue weighted by Crippen LogP contribution is 2.27. The predicted octanol–water partition coefficient (Wildman–Crippen LogP) is 3.61. The number of anilines is 1. The van der Waals surface area contributed by atoms with Gasteiger partial charge in [0.25, 0.3) is 15.9 Å². The minimum atomic E-state index is -3.78. The zero-order chi connectivity index (χ0) is 17.9. The number of aromatic nitrogens is 2. The molecular weight excluding hydrogens is 338 g/mol. The highest BCUT2D eigenvalue weighted by atomic mass is 32.2. The van der Waals surface area contributed by atoms with Crippen LogP contribution < -0.4 is 9.46 Å². The van der Waals surface area contributed by atoms with Gasteiger partial charge >= 0.3 is 0 Å². The molecule has 0 bridgehead atoms. The van der Waals surface area contributed by atoms with Crippen molar-refractivity contribution < 1.29 is 13.2 Å². The van der Waals surface area contributed by atoms with Crippen LogP contribution in [-0.4, -0.2) is 24.5 Å². The summed E-state index contributed by atoms with van der Waals surface area (Å²) < 4.78 is 33.5. The molecule has 2 aromatic carbocycles. The van der Waals surface area contributed by atoms with Crippen molar-refractivity contribution in [3.05, 3.63) is 54.6 Å². The fourth-order valence-electron chi connectivity index (χ4n) is 2.19. The number of fused-ring (bicyclic) bond motifs is 1. The highest BCUT2D eigenvalue weighted by Gasteiger charge is 2.20. The van der Waals surface area contributed by atoms with Gasteiger partial charge in [-0.3, -0.25) is 4.72 Å². The quantitative estimate of drug-likeness (QED) is 0.729. The number of rotatable bonds is 6. The Morgan fingerprint density at radius 2 is 1.60 bits per heavy atom. The number of nitrogens with one attached hydrogen (secondary N) is 1. The Labute approximate surface area is 146 Å². The van der Waals surface area contributed by atoms with E-state index in [4.69, 9.17) is 4.74 Å². The summed E-state index contributed by atoms with van der Waals surface area (Å²) in [4.78, 5) is 8.98. The molecule has 1 N–H and O–H groups in total. The van der Waals surface area contributed by atoms with Gasteiger partial charge in [-0.2, -0.15) is 0 Å². The molecule has 0 spiro atoms. The Hall–Kier alpha value is -2.67. The second-order valence-electron chi connectivity index (χ2n) is 5.62. The van der Waals surface area contributed by atoms with Crippen molar-refractivity contribution in [2.24, 2.45) is 0 Å². The van der Waals surface area contributed by atoms with E-state index >= 15 is 0 Å². The van der Waals surface area contributed by atoms with E-state index in [-0.39, 0.29) is 22.7 Å². The van der Waals surface area contributed by atoms with Crippen LogP contribution in [0.3, 0.4) is 0 Å². The lowest BCUT2D eigenvalue weighted by molar-refractivity contribution is 0.210. The van der Waals surface area contributed by atoms with Crippen molar-refractivity contribution >= 4 is 26.9 Å². The summed E-state index contributed by atoms with van der Waals surface area (Å²) in [6.07, 6.45) is 0.648. The first kappa shape index (κ1) is 17.2. The Morgan fingerprint density at radius 3 is 2.24 bits per heavy atom. The second-order valence-corrected chi connectivity index (χ2v) is 7.30. The van der Waals surface area contributed by atoms with Gasteiger partial charge in [-0.05, 0) is 37.6 Å². The first-order chi connectivity index (χ1) is 12.0. The van der Waals surface area contributed by atoms with Gasteiger partial charge in [0.1, 0.15) is 0 Å². The number of hydrogen-bond acceptors (Lipinski definition) is 5. The molecule has 0 aliphatic rings. The van der Waals surface area contributed by atoms with Gasteiger partial charge in [0.05, 0.1) is 22.0 Å². The monoisotopic (exact) mass is 357 g/mol. The lowest BCUT2D eigenvalue weighted by Crippen LogP contribution is -2.18. The van der Waals surface area contributed by atoms with E-state index in [1.807, 2.05) is 26.0 Å². The molecule has 0 fully saturated rings. The van der Waals surface area contributed by atoms with Crippen molar-refractivity contribution in [1.82, 2.24) is 9.97 Å². The maximum Gasteiger partial charge on any atom is 0.263 e. The summed E-state index contributed by atoms with van der Waals surface area (Å²) >= 11 is 0. The van der Waals surface area contributed by atoms with Gasteiger partial charge in [0.2, 0.25) is 5.82 Å². The predicted molar refractivity (Wildman–Crippen MR) is 97.2 cm³/mol. The molecule has 130 valence electrons. The summed E-state index contributed by atoms with van der Waals surface area (Å²) in [6, 6.07) is 15.4. The zero-order valence-corrected chi connectivity index (χ0v) is 14.8. The average Bonchev–Trinajstić information content (AvgIpc) is 2.62. The summed E-state index contributed by atoms with van der Waals surface area (Å²) in [5.41, 5.74) is 1.23. The number of sulfonamides is 1. The molecular formula is C18H19N3O3S. The summed E-state index contributed by atoms with van der Waals surface area (Å²) in [6.45, 7) is 3.87. The lowest BCUT2D eigenvalue weighted by atomic mass is 10.3. The van der Waals surface area contributed by atoms with Crippen molar-refractivity contribution in [2.45, 2.75) is 31.3 Å². The minimum Gasteiger partial charge on any atom is -0.472 e. The standard InChI is InChI=1S/C18H19N3O3S/c1-3-13(2)24-18-17(19-15-11-7-8-12-16(15)20-18)21-25(22,23)14-9-5-4-6-10-14/h4-13H,3H2,1-2H3,(H,19,21)/t13-/m1/s1. The number of hydrogen-bond donors (Lipinski definition) is 1. The topological polar surface area (TPSA) is 81.2 Å². The molecule has 0 aliphatic heterocycles. The van der Waals surface area contributed by atoms with E-state index in [2.05, 4.69) is 14.7 Å². The van der Waals surface area contributed by atoms with E-state index in [0.29, 0.717) is 11.0 Å². The first-order valence-corrected chi connectivity index (χ1v) is 9.49. The van der Waals surface area contributed by atoms with Gasteiger partial charge in [0, 0.05) is 0 Å². The molecule has 6 nitrogen and oxygen atoms in total. The first-order valence-electron chi connectivity index (χ1n) is 8.01. The smallest absolute Gasteiger partial charge is 0.263 e. The Morgan fingerprint density at radius 1 is 1.00 bits per heavy atom. The van der Waals surface area contributed by atoms with Crippen LogP contribution in [0.25, 0.3) is 11.0 Å². The third-order valence-corrected chi connectivity index (χ3v) is 5.07. The molecule has 3 rings (SSSR count). The van der Waals surface area contributed by atoms with E-state index < -0.39 is 10.0 Å². The van der Waals surface area contributed by atoms with Crippen LogP contribution in [0.2, 0.25) is 0 Å². The molecule has 0 radical (unpaired) electrons. The molecule has 7 heteroatoms. The maximum absolute atomic E-state index is 12.6. The molecule has 1 atom stereocenters. The van der Waals surface area contributed by atoms with Crippen LogP contribution in [0.1, 0.15) is 20.3 Å². The van der Waals surface area contributed by atoms with Crippen LogP contribution >= 0.6 is 0 Å². The summed E-state index contributed by atoms with van der Waals surface area (Å²) in [7, 11) is -3.78. The minimum absolute atomic E-state index is 0.0860. The van der Waals surface area contributed by atoms with Crippen LogP contribution in [0, 0.1) is 0 Å². The van der Waals surface area contributed by atoms with Crippen molar-refractivity contribution in [3.63, 3.8) is 0 Å². The Balaban J connectivity index is 2.05. The molecule has 0 saturated carbocycles. The number of ether oxygens (including phenoxy) is 1. The summed E-state index contributed by atoms with van der Waals surface area (Å²) in [5, 5.41) is 0. The molecule has 0 aliphatic carbocycles. The second kappa shape index (κ2) is 7.06. The van der Waals surface area contributed by atoms with E-state index in [0.717, 1.165) is 6.42 Å². The molecule has 1 heterocycles. The van der Waals surface area contributed by atoms with Crippen LogP contribution in [0.4, 0.5) is 5.82 Å². The highest BCUT2D eigenvalue weighted by molar-refractivity contribution is 7.92. The largest absolute Gasteiger partial charge is 0.472 e. The molecule has 3 aromatic rings. The lowest BCUT2D eigenvalue weighted by Gasteiger charge is -2.16. The van der Waals surface area contributed by atoms with Gasteiger partial charge < -0.3 is 4.74 Å². The zero-order valence-electron chi connectivity index (χ0n) is 14.0. The van der Waals surface area contributed by atoms with E-state index in [9.17, 15) is 8.42 Å². The Kier molecular flexibility index (Phi) is 4.85. The third kappa shape index (κ3) is 3.88. The van der Waals surface area contributed by atoms with Gasteiger partial charge in [-0.15, -0.1) is 0 Å². The Bertz CT molecular complexity index is 975. The van der Waals surface area contributed by atoms with Gasteiger partial charge in [0.15, 0.2) is 0 Å². The van der Waals surface area contributed by atoms with E-state index in [1.165, 1.54) is 12.1 Å². The molecule has 0 amide bonds. The van der Waals surface area contributed by atoms with Crippen molar-refractivity contribution in [2.75, 3.05) is 4.72 Å². The number of nitrogens with zero attached hydrogens (tertiary/aromatic N) is 2. The fourth-order valence-corrected chi connectivity index (χ4v) is 3.21. The number of benzene rings is 2. The maximum atomic E-state index is 12.6. The normalized spacial score (nSPS) is 12.7. The average molecular weight is 357 g/mol. The molecule has 1 aromatic heterocycles. The molecule has 25 heavy (non-hydrogen) atoms. The fraction of sp³-hybridized carbons (Fsp3) is 0.222. The third-order valence-electron chi connectivity index (χ3n) is 3.71. The van der Waals surface area contributed by atoms with Crippen LogP contribution in [-0.2, 0) is 10.0 Å². The van der Waals surface area contributed by atoms with Crippen molar-refractivity contribution in [3.8, 4) is 5.88 Å². The van der Waals surface area contributed by atoms with Gasteiger partial charge in [-0.1, -0.05) is 37.3 Å². The van der Waals surface area contributed by atoms with Crippen LogP contribution in [0.5, 0.6) is 5.88 Å². The molecule has 0 saturated heterocycles. The van der Waals surface area contributed by atoms with E-state index in [1.54, 1.807) is 30.3 Å². The summed E-state index contributed by atoms with van der Waals surface area (Å²) in [5.74, 6) is 0.260. The van der Waals surface area contributed by atoms with Crippen molar-refractivity contribution in [1.29, 1.82) is 0 Å². The van der Waals surface area contributed by atoms with Crippen LogP contribution in [0.15, 0.2) is 59.5 Å². The van der Waals surface area contributed by atoms with Gasteiger partial charge in [-0.25, -0.2) is 18.4 Å².